The molecule has 0 bridgehead atoms. The van der Waals surface area contributed by atoms with Crippen LogP contribution in [0.15, 0.2) is 0 Å². The first-order valence-corrected chi connectivity index (χ1v) is 5.05. The summed E-state index contributed by atoms with van der Waals surface area (Å²) in [5, 5.41) is 11.8. The lowest BCUT2D eigenvalue weighted by atomic mass is 10.4. The second kappa shape index (κ2) is 4.66. The van der Waals surface area contributed by atoms with Crippen molar-refractivity contribution in [3.63, 3.8) is 0 Å². The van der Waals surface area contributed by atoms with Crippen LogP contribution in [0.4, 0.5) is 0 Å². The molecule has 1 aromatic rings. The molecule has 0 spiro atoms. The lowest BCUT2D eigenvalue weighted by Gasteiger charge is -2.15. The van der Waals surface area contributed by atoms with Crippen LogP contribution in [0, 0.1) is 0 Å². The standard InChI is InChI=1S/C7H14BrN5/c1-6(8)4-12(2)5-7-9-11-13(3)10-7/h6H,4-5H2,1-3H3. The van der Waals surface area contributed by atoms with Crippen molar-refractivity contribution >= 4 is 15.9 Å². The summed E-state index contributed by atoms with van der Waals surface area (Å²) in [4.78, 5) is 4.10. The van der Waals surface area contributed by atoms with Gasteiger partial charge < -0.3 is 0 Å². The molecule has 13 heavy (non-hydrogen) atoms. The first-order valence-electron chi connectivity index (χ1n) is 4.13. The number of tetrazole rings is 1. The molecule has 0 radical (unpaired) electrons. The van der Waals surface area contributed by atoms with Crippen molar-refractivity contribution in [1.82, 2.24) is 25.1 Å². The Hall–Kier alpha value is -0.490. The summed E-state index contributed by atoms with van der Waals surface area (Å²) in [6, 6.07) is 0. The number of rotatable bonds is 4. The van der Waals surface area contributed by atoms with Crippen molar-refractivity contribution < 1.29 is 0 Å². The smallest absolute Gasteiger partial charge is 0.188 e. The zero-order valence-electron chi connectivity index (χ0n) is 8.11. The number of alkyl halides is 1. The van der Waals surface area contributed by atoms with E-state index >= 15 is 0 Å². The van der Waals surface area contributed by atoms with Crippen LogP contribution in [0.3, 0.4) is 0 Å². The van der Waals surface area contributed by atoms with E-state index in [1.54, 1.807) is 7.05 Å². The number of halogens is 1. The van der Waals surface area contributed by atoms with Gasteiger partial charge in [-0.15, -0.1) is 10.2 Å². The molecule has 1 heterocycles. The summed E-state index contributed by atoms with van der Waals surface area (Å²) < 4.78 is 0. The number of aryl methyl sites for hydroxylation is 1. The second-order valence-electron chi connectivity index (χ2n) is 3.17. The molecule has 5 nitrogen and oxygen atoms in total. The Morgan fingerprint density at radius 3 is 2.77 bits per heavy atom. The molecular weight excluding hydrogens is 234 g/mol. The zero-order chi connectivity index (χ0) is 9.84. The molecule has 0 aliphatic heterocycles. The van der Waals surface area contributed by atoms with Crippen molar-refractivity contribution in [2.75, 3.05) is 13.6 Å². The Morgan fingerprint density at radius 2 is 2.31 bits per heavy atom. The maximum absolute atomic E-state index is 4.10. The predicted molar refractivity (Wildman–Crippen MR) is 53.5 cm³/mol. The van der Waals surface area contributed by atoms with E-state index in [-0.39, 0.29) is 0 Å². The molecular formula is C7H14BrN5. The van der Waals surface area contributed by atoms with E-state index in [1.807, 2.05) is 7.05 Å². The number of aromatic nitrogens is 4. The van der Waals surface area contributed by atoms with Gasteiger partial charge in [-0.05, 0) is 12.3 Å². The van der Waals surface area contributed by atoms with E-state index in [0.717, 1.165) is 18.9 Å². The van der Waals surface area contributed by atoms with E-state index in [9.17, 15) is 0 Å². The Bertz CT molecular complexity index is 259. The SMILES string of the molecule is CC(Br)CN(C)Cc1nnn(C)n1. The Morgan fingerprint density at radius 1 is 1.62 bits per heavy atom. The molecule has 1 unspecified atom stereocenters. The third-order valence-electron chi connectivity index (χ3n) is 1.52. The van der Waals surface area contributed by atoms with Crippen LogP contribution in [-0.4, -0.2) is 43.5 Å². The minimum atomic E-state index is 0.481. The lowest BCUT2D eigenvalue weighted by Crippen LogP contribution is -2.24. The molecule has 0 aromatic carbocycles. The number of hydrogen-bond donors (Lipinski definition) is 0. The van der Waals surface area contributed by atoms with Crippen molar-refractivity contribution in [2.45, 2.75) is 18.3 Å². The summed E-state index contributed by atoms with van der Waals surface area (Å²) in [7, 11) is 3.80. The van der Waals surface area contributed by atoms with E-state index < -0.39 is 0 Å². The molecule has 74 valence electrons. The van der Waals surface area contributed by atoms with Gasteiger partial charge in [-0.3, -0.25) is 4.90 Å². The fourth-order valence-corrected chi connectivity index (χ4v) is 1.62. The summed E-state index contributed by atoms with van der Waals surface area (Å²) in [5.74, 6) is 0.762. The minimum absolute atomic E-state index is 0.481. The van der Waals surface area contributed by atoms with Crippen LogP contribution in [0.25, 0.3) is 0 Å². The highest BCUT2D eigenvalue weighted by atomic mass is 79.9. The molecule has 1 rings (SSSR count). The fourth-order valence-electron chi connectivity index (χ4n) is 1.12. The van der Waals surface area contributed by atoms with E-state index in [0.29, 0.717) is 4.83 Å². The zero-order valence-corrected chi connectivity index (χ0v) is 9.69. The molecule has 0 amide bonds. The monoisotopic (exact) mass is 247 g/mol. The van der Waals surface area contributed by atoms with Crippen molar-refractivity contribution in [3.8, 4) is 0 Å². The summed E-state index contributed by atoms with van der Waals surface area (Å²) in [5.41, 5.74) is 0. The van der Waals surface area contributed by atoms with Gasteiger partial charge in [0.05, 0.1) is 13.6 Å². The van der Waals surface area contributed by atoms with Gasteiger partial charge in [-0.1, -0.05) is 22.9 Å². The Labute approximate surface area is 86.2 Å². The summed E-state index contributed by atoms with van der Waals surface area (Å²) in [6.45, 7) is 3.82. The lowest BCUT2D eigenvalue weighted by molar-refractivity contribution is 0.323. The van der Waals surface area contributed by atoms with Gasteiger partial charge >= 0.3 is 0 Å². The quantitative estimate of drug-likeness (QED) is 0.725. The Balaban J connectivity index is 2.40. The van der Waals surface area contributed by atoms with Crippen LogP contribution >= 0.6 is 15.9 Å². The third-order valence-corrected chi connectivity index (χ3v) is 1.81. The largest absolute Gasteiger partial charge is 0.298 e. The predicted octanol–water partition coefficient (Wildman–Crippen LogP) is 0.425. The summed E-state index contributed by atoms with van der Waals surface area (Å²) in [6.07, 6.45) is 0. The number of nitrogens with zero attached hydrogens (tertiary/aromatic N) is 5. The van der Waals surface area contributed by atoms with Crippen LogP contribution in [0.5, 0.6) is 0 Å². The van der Waals surface area contributed by atoms with E-state index in [2.05, 4.69) is 43.2 Å². The highest BCUT2D eigenvalue weighted by molar-refractivity contribution is 9.09. The first-order chi connectivity index (χ1) is 6.08. The normalized spacial score (nSPS) is 13.6. The van der Waals surface area contributed by atoms with Gasteiger partial charge in [-0.2, -0.15) is 4.80 Å². The molecule has 0 saturated carbocycles. The van der Waals surface area contributed by atoms with Gasteiger partial charge in [0.25, 0.3) is 0 Å². The highest BCUT2D eigenvalue weighted by Gasteiger charge is 2.06. The average molecular weight is 248 g/mol. The van der Waals surface area contributed by atoms with Gasteiger partial charge in [0.1, 0.15) is 0 Å². The molecule has 0 N–H and O–H groups in total. The average Bonchev–Trinajstić information content (AvgIpc) is 2.33. The fraction of sp³-hybridized carbons (Fsp3) is 0.857. The molecule has 0 fully saturated rings. The van der Waals surface area contributed by atoms with Crippen molar-refractivity contribution in [1.29, 1.82) is 0 Å². The van der Waals surface area contributed by atoms with Crippen LogP contribution in [0.2, 0.25) is 0 Å². The van der Waals surface area contributed by atoms with Crippen LogP contribution < -0.4 is 0 Å². The van der Waals surface area contributed by atoms with Gasteiger partial charge in [0, 0.05) is 11.4 Å². The van der Waals surface area contributed by atoms with Crippen LogP contribution in [-0.2, 0) is 13.6 Å². The topological polar surface area (TPSA) is 46.8 Å². The van der Waals surface area contributed by atoms with Gasteiger partial charge in [-0.25, -0.2) is 0 Å². The molecule has 0 saturated heterocycles. The van der Waals surface area contributed by atoms with Gasteiger partial charge in [0.15, 0.2) is 5.82 Å². The minimum Gasteiger partial charge on any atom is -0.298 e. The maximum Gasteiger partial charge on any atom is 0.188 e. The molecule has 6 heteroatoms. The van der Waals surface area contributed by atoms with Crippen LogP contribution in [0.1, 0.15) is 12.7 Å². The molecule has 0 aliphatic rings. The third kappa shape index (κ3) is 3.82. The first kappa shape index (κ1) is 10.6. The number of hydrogen-bond acceptors (Lipinski definition) is 4. The maximum atomic E-state index is 4.10. The van der Waals surface area contributed by atoms with E-state index in [1.165, 1.54) is 4.80 Å². The second-order valence-corrected chi connectivity index (χ2v) is 4.74. The van der Waals surface area contributed by atoms with Crippen molar-refractivity contribution in [3.05, 3.63) is 5.82 Å². The Kier molecular flexibility index (Phi) is 3.80. The summed E-state index contributed by atoms with van der Waals surface area (Å²) >= 11 is 3.49. The molecule has 1 atom stereocenters. The van der Waals surface area contributed by atoms with Crippen molar-refractivity contribution in [2.24, 2.45) is 7.05 Å². The molecule has 0 aliphatic carbocycles. The highest BCUT2D eigenvalue weighted by Crippen LogP contribution is 2.01. The van der Waals surface area contributed by atoms with E-state index in [4.69, 9.17) is 0 Å². The molecule has 1 aromatic heterocycles. The van der Waals surface area contributed by atoms with Gasteiger partial charge in [0.2, 0.25) is 0 Å².